The second-order valence-electron chi connectivity index (χ2n) is 4.46. The van der Waals surface area contributed by atoms with Crippen LogP contribution in [0.15, 0.2) is 30.6 Å². The predicted molar refractivity (Wildman–Crippen MR) is 71.4 cm³/mol. The number of carbonyl (C=O) groups excluding carboxylic acids is 1. The number of nitrogens with zero attached hydrogens (tertiary/aromatic N) is 4. The first-order valence-corrected chi connectivity index (χ1v) is 5.81. The number of aryl methyl sites for hydroxylation is 2. The summed E-state index contributed by atoms with van der Waals surface area (Å²) in [4.78, 5) is 15.5. The van der Waals surface area contributed by atoms with E-state index in [9.17, 15) is 4.79 Å². The van der Waals surface area contributed by atoms with E-state index in [-0.39, 0.29) is 5.82 Å². The highest BCUT2D eigenvalue weighted by Crippen LogP contribution is 2.24. The lowest BCUT2D eigenvalue weighted by Crippen LogP contribution is -2.16. The van der Waals surface area contributed by atoms with Crippen molar-refractivity contribution in [2.45, 2.75) is 0 Å². The zero-order valence-corrected chi connectivity index (χ0v) is 10.7. The first-order valence-electron chi connectivity index (χ1n) is 5.81. The van der Waals surface area contributed by atoms with Gasteiger partial charge < -0.3 is 10.3 Å². The van der Waals surface area contributed by atoms with Crippen LogP contribution in [0.1, 0.15) is 10.6 Å². The molecule has 0 atom stereocenters. The third kappa shape index (κ3) is 1.77. The predicted octanol–water partition coefficient (Wildman–Crippen LogP) is 1.07. The van der Waals surface area contributed by atoms with E-state index in [1.807, 2.05) is 31.4 Å². The van der Waals surface area contributed by atoms with Crippen molar-refractivity contribution in [2.24, 2.45) is 19.8 Å². The fraction of sp³-hybridized carbons (Fsp3) is 0.154. The number of rotatable bonds is 2. The fourth-order valence-corrected chi connectivity index (χ4v) is 2.16. The van der Waals surface area contributed by atoms with Crippen LogP contribution in [-0.4, -0.2) is 25.2 Å². The van der Waals surface area contributed by atoms with Gasteiger partial charge in [-0.3, -0.25) is 9.48 Å². The summed E-state index contributed by atoms with van der Waals surface area (Å²) < 4.78 is 3.45. The van der Waals surface area contributed by atoms with Crippen molar-refractivity contribution in [1.29, 1.82) is 0 Å². The molecular formula is C13H13N5O. The summed E-state index contributed by atoms with van der Waals surface area (Å²) in [5, 5.41) is 4.15. The molecule has 0 saturated heterocycles. The van der Waals surface area contributed by atoms with Crippen molar-refractivity contribution in [3.63, 3.8) is 0 Å². The van der Waals surface area contributed by atoms with E-state index in [0.29, 0.717) is 0 Å². The Morgan fingerprint density at radius 3 is 2.68 bits per heavy atom. The third-order valence-corrected chi connectivity index (χ3v) is 3.14. The number of hydrogen-bond acceptors (Lipinski definition) is 3. The van der Waals surface area contributed by atoms with E-state index in [0.717, 1.165) is 22.2 Å². The van der Waals surface area contributed by atoms with Crippen molar-refractivity contribution >= 4 is 16.9 Å². The Labute approximate surface area is 109 Å². The molecule has 3 aromatic rings. The monoisotopic (exact) mass is 255 g/mol. The van der Waals surface area contributed by atoms with Gasteiger partial charge in [-0.1, -0.05) is 6.07 Å². The van der Waals surface area contributed by atoms with Gasteiger partial charge in [0.2, 0.25) is 0 Å². The molecule has 0 aliphatic rings. The quantitative estimate of drug-likeness (QED) is 0.744. The summed E-state index contributed by atoms with van der Waals surface area (Å²) in [5.74, 6) is -0.264. The van der Waals surface area contributed by atoms with Crippen LogP contribution in [0.4, 0.5) is 0 Å². The first kappa shape index (κ1) is 11.5. The molecule has 0 unspecified atom stereocenters. The zero-order valence-electron chi connectivity index (χ0n) is 10.7. The SMILES string of the molecule is Cn1cc(-c2ccc3nc(C(N)=O)n(C)c3c2)cn1. The molecule has 1 aromatic carbocycles. The molecule has 0 fully saturated rings. The minimum absolute atomic E-state index is 0.262. The molecule has 1 amide bonds. The van der Waals surface area contributed by atoms with Crippen LogP contribution in [0.3, 0.4) is 0 Å². The summed E-state index contributed by atoms with van der Waals surface area (Å²) in [6, 6.07) is 5.81. The van der Waals surface area contributed by atoms with Gasteiger partial charge in [0.05, 0.1) is 17.2 Å². The number of nitrogens with two attached hydrogens (primary N) is 1. The molecule has 2 aromatic heterocycles. The van der Waals surface area contributed by atoms with Crippen LogP contribution in [0, 0.1) is 0 Å². The van der Waals surface area contributed by atoms with Crippen molar-refractivity contribution in [2.75, 3.05) is 0 Å². The number of hydrogen-bond donors (Lipinski definition) is 1. The second-order valence-corrected chi connectivity index (χ2v) is 4.46. The summed E-state index contributed by atoms with van der Waals surface area (Å²) in [6.07, 6.45) is 3.74. The first-order chi connectivity index (χ1) is 9.06. The van der Waals surface area contributed by atoms with E-state index in [1.165, 1.54) is 0 Å². The summed E-state index contributed by atoms with van der Waals surface area (Å²) in [6.45, 7) is 0. The maximum atomic E-state index is 11.3. The highest BCUT2D eigenvalue weighted by atomic mass is 16.1. The van der Waals surface area contributed by atoms with E-state index in [4.69, 9.17) is 5.73 Å². The van der Waals surface area contributed by atoms with Gasteiger partial charge in [0.15, 0.2) is 5.82 Å². The lowest BCUT2D eigenvalue weighted by molar-refractivity contribution is 0.0988. The van der Waals surface area contributed by atoms with Crippen molar-refractivity contribution in [3.05, 3.63) is 36.4 Å². The molecule has 0 bridgehead atoms. The standard InChI is InChI=1S/C13H13N5O/c1-17-7-9(6-15-17)8-3-4-10-11(5-8)18(2)13(16-10)12(14)19/h3-7H,1-2H3,(H2,14,19). The van der Waals surface area contributed by atoms with Gasteiger partial charge in [-0.05, 0) is 17.7 Å². The minimum atomic E-state index is -0.526. The Balaban J connectivity index is 2.20. The van der Waals surface area contributed by atoms with Crippen LogP contribution in [-0.2, 0) is 14.1 Å². The van der Waals surface area contributed by atoms with Crippen LogP contribution >= 0.6 is 0 Å². The Morgan fingerprint density at radius 2 is 2.05 bits per heavy atom. The molecule has 19 heavy (non-hydrogen) atoms. The van der Waals surface area contributed by atoms with Crippen LogP contribution in [0.5, 0.6) is 0 Å². The van der Waals surface area contributed by atoms with Crippen LogP contribution in [0.2, 0.25) is 0 Å². The lowest BCUT2D eigenvalue weighted by Gasteiger charge is -2.00. The molecule has 0 aliphatic heterocycles. The number of fused-ring (bicyclic) bond motifs is 1. The zero-order chi connectivity index (χ0) is 13.6. The molecular weight excluding hydrogens is 242 g/mol. The molecule has 3 rings (SSSR count). The van der Waals surface area contributed by atoms with Gasteiger partial charge in [-0.25, -0.2) is 4.98 Å². The Kier molecular flexibility index (Phi) is 2.38. The summed E-state index contributed by atoms with van der Waals surface area (Å²) in [7, 11) is 3.65. The van der Waals surface area contributed by atoms with Crippen LogP contribution in [0.25, 0.3) is 22.2 Å². The maximum Gasteiger partial charge on any atom is 0.284 e. The van der Waals surface area contributed by atoms with E-state index < -0.39 is 5.91 Å². The number of benzene rings is 1. The van der Waals surface area contributed by atoms with Gasteiger partial charge in [-0.2, -0.15) is 5.10 Å². The second kappa shape index (κ2) is 3.94. The number of imidazole rings is 1. The van der Waals surface area contributed by atoms with Gasteiger partial charge >= 0.3 is 0 Å². The van der Waals surface area contributed by atoms with Gasteiger partial charge in [0, 0.05) is 25.9 Å². The Morgan fingerprint density at radius 1 is 1.26 bits per heavy atom. The van der Waals surface area contributed by atoms with E-state index in [2.05, 4.69) is 10.1 Å². The molecule has 2 N–H and O–H groups in total. The summed E-state index contributed by atoms with van der Waals surface area (Å²) in [5.41, 5.74) is 8.97. The maximum absolute atomic E-state index is 11.3. The highest BCUT2D eigenvalue weighted by molar-refractivity contribution is 5.94. The normalized spacial score (nSPS) is 11.1. The molecule has 0 aliphatic carbocycles. The molecule has 96 valence electrons. The van der Waals surface area contributed by atoms with Crippen molar-refractivity contribution < 1.29 is 4.79 Å². The van der Waals surface area contributed by atoms with Gasteiger partial charge in [-0.15, -0.1) is 0 Å². The topological polar surface area (TPSA) is 78.7 Å². The minimum Gasteiger partial charge on any atom is -0.363 e. The van der Waals surface area contributed by atoms with Crippen molar-refractivity contribution in [3.8, 4) is 11.1 Å². The molecule has 6 nitrogen and oxygen atoms in total. The number of carbonyl (C=O) groups is 1. The number of aromatic nitrogens is 4. The number of primary amides is 1. The van der Waals surface area contributed by atoms with Crippen LogP contribution < -0.4 is 5.73 Å². The molecule has 2 heterocycles. The molecule has 0 spiro atoms. The third-order valence-electron chi connectivity index (χ3n) is 3.14. The lowest BCUT2D eigenvalue weighted by atomic mass is 10.1. The van der Waals surface area contributed by atoms with Crippen molar-refractivity contribution in [1.82, 2.24) is 19.3 Å². The van der Waals surface area contributed by atoms with E-state index >= 15 is 0 Å². The molecule has 0 radical (unpaired) electrons. The smallest absolute Gasteiger partial charge is 0.284 e. The average molecular weight is 255 g/mol. The van der Waals surface area contributed by atoms with E-state index in [1.54, 1.807) is 22.5 Å². The summed E-state index contributed by atoms with van der Waals surface area (Å²) >= 11 is 0. The number of amides is 1. The Hall–Kier alpha value is -2.63. The van der Waals surface area contributed by atoms with Gasteiger partial charge in [0.25, 0.3) is 5.91 Å². The fourth-order valence-electron chi connectivity index (χ4n) is 2.16. The molecule has 6 heteroatoms. The Bertz CT molecular complexity index is 784. The highest BCUT2D eigenvalue weighted by Gasteiger charge is 2.13. The van der Waals surface area contributed by atoms with Gasteiger partial charge in [0.1, 0.15) is 0 Å². The average Bonchev–Trinajstić information content (AvgIpc) is 2.94. The molecule has 0 saturated carbocycles. The largest absolute Gasteiger partial charge is 0.363 e.